The largest absolute Gasteiger partial charge is 0.497 e. The van der Waals surface area contributed by atoms with Gasteiger partial charge in [0.2, 0.25) is 21.1 Å². The Labute approximate surface area is 197 Å². The molecule has 0 saturated carbocycles. The van der Waals surface area contributed by atoms with Crippen molar-refractivity contribution in [1.29, 1.82) is 0 Å². The Hall–Kier alpha value is -2.82. The highest BCUT2D eigenvalue weighted by molar-refractivity contribution is 7.89. The molecular weight excluding hydrogens is 460 g/mol. The SMILES string of the molecule is COc1ccc(-c2nnc(NC(=O)C3CCCN3S(=O)(=O)c3c(C)cc(C)cc3C)s2)cc1. The van der Waals surface area contributed by atoms with Crippen molar-refractivity contribution in [3.8, 4) is 16.3 Å². The smallest absolute Gasteiger partial charge is 0.244 e. The second kappa shape index (κ2) is 9.20. The molecule has 3 aromatic rings. The molecule has 1 N–H and O–H groups in total. The average molecular weight is 487 g/mol. The van der Waals surface area contributed by atoms with Crippen molar-refractivity contribution in [1.82, 2.24) is 14.5 Å². The summed E-state index contributed by atoms with van der Waals surface area (Å²) >= 11 is 1.24. The van der Waals surface area contributed by atoms with E-state index in [0.717, 1.165) is 16.9 Å². The Kier molecular flexibility index (Phi) is 6.51. The third kappa shape index (κ3) is 4.64. The van der Waals surface area contributed by atoms with Gasteiger partial charge in [-0.05, 0) is 69.0 Å². The predicted molar refractivity (Wildman–Crippen MR) is 128 cm³/mol. The summed E-state index contributed by atoms with van der Waals surface area (Å²) in [5, 5.41) is 12.0. The molecule has 0 aliphatic carbocycles. The van der Waals surface area contributed by atoms with Gasteiger partial charge in [-0.25, -0.2) is 8.42 Å². The minimum atomic E-state index is -3.82. The molecule has 0 bridgehead atoms. The number of aromatic nitrogens is 2. The van der Waals surface area contributed by atoms with Gasteiger partial charge in [0.1, 0.15) is 16.8 Å². The average Bonchev–Trinajstić information content (AvgIpc) is 3.43. The summed E-state index contributed by atoms with van der Waals surface area (Å²) < 4.78 is 33.5. The number of anilines is 1. The number of ether oxygens (including phenoxy) is 1. The molecule has 1 atom stereocenters. The monoisotopic (exact) mass is 486 g/mol. The lowest BCUT2D eigenvalue weighted by molar-refractivity contribution is -0.119. The maximum absolute atomic E-state index is 13.5. The number of nitrogens with one attached hydrogen (secondary N) is 1. The van der Waals surface area contributed by atoms with Crippen LogP contribution in [-0.4, -0.2) is 48.5 Å². The van der Waals surface area contributed by atoms with E-state index in [9.17, 15) is 13.2 Å². The Morgan fingerprint density at radius 1 is 1.12 bits per heavy atom. The highest BCUT2D eigenvalue weighted by Gasteiger charge is 2.40. The minimum Gasteiger partial charge on any atom is -0.497 e. The van der Waals surface area contributed by atoms with Crippen molar-refractivity contribution in [3.63, 3.8) is 0 Å². The summed E-state index contributed by atoms with van der Waals surface area (Å²) in [6.07, 6.45) is 1.08. The highest BCUT2D eigenvalue weighted by atomic mass is 32.2. The number of nitrogens with zero attached hydrogens (tertiary/aromatic N) is 3. The third-order valence-corrected chi connectivity index (χ3v) is 8.77. The fraction of sp³-hybridized carbons (Fsp3) is 0.348. The van der Waals surface area contributed by atoms with Crippen molar-refractivity contribution < 1.29 is 17.9 Å². The zero-order valence-electron chi connectivity index (χ0n) is 19.0. The van der Waals surface area contributed by atoms with E-state index in [0.29, 0.717) is 40.7 Å². The van der Waals surface area contributed by atoms with Gasteiger partial charge in [0.15, 0.2) is 0 Å². The van der Waals surface area contributed by atoms with Crippen LogP contribution in [-0.2, 0) is 14.8 Å². The molecular formula is C23H26N4O4S2. The maximum atomic E-state index is 13.5. The summed E-state index contributed by atoms with van der Waals surface area (Å²) in [6.45, 7) is 5.82. The van der Waals surface area contributed by atoms with Crippen molar-refractivity contribution >= 4 is 32.4 Å². The van der Waals surface area contributed by atoms with Gasteiger partial charge in [-0.3, -0.25) is 10.1 Å². The second-order valence-electron chi connectivity index (χ2n) is 8.13. The molecule has 33 heavy (non-hydrogen) atoms. The van der Waals surface area contributed by atoms with E-state index in [2.05, 4.69) is 15.5 Å². The van der Waals surface area contributed by atoms with E-state index in [-0.39, 0.29) is 4.90 Å². The van der Waals surface area contributed by atoms with Gasteiger partial charge in [-0.1, -0.05) is 29.0 Å². The quantitative estimate of drug-likeness (QED) is 0.567. The first-order chi connectivity index (χ1) is 15.7. The molecule has 1 amide bonds. The van der Waals surface area contributed by atoms with Gasteiger partial charge in [-0.15, -0.1) is 10.2 Å². The fourth-order valence-electron chi connectivity index (χ4n) is 4.29. The van der Waals surface area contributed by atoms with E-state index in [1.807, 2.05) is 43.3 Å². The predicted octanol–water partition coefficient (Wildman–Crippen LogP) is 3.93. The Bertz CT molecular complexity index is 1260. The van der Waals surface area contributed by atoms with Crippen LogP contribution in [0, 0.1) is 20.8 Å². The zero-order chi connectivity index (χ0) is 23.8. The van der Waals surface area contributed by atoms with Crippen molar-refractivity contribution in [2.75, 3.05) is 19.0 Å². The molecule has 1 unspecified atom stereocenters. The molecule has 0 radical (unpaired) electrons. The van der Waals surface area contributed by atoms with Crippen LogP contribution in [0.1, 0.15) is 29.5 Å². The topological polar surface area (TPSA) is 101 Å². The van der Waals surface area contributed by atoms with Gasteiger partial charge in [0.05, 0.1) is 12.0 Å². The van der Waals surface area contributed by atoms with Gasteiger partial charge < -0.3 is 4.74 Å². The van der Waals surface area contributed by atoms with Crippen molar-refractivity contribution in [2.24, 2.45) is 0 Å². The molecule has 1 fully saturated rings. The number of carbonyl (C=O) groups excluding carboxylic acids is 1. The first-order valence-electron chi connectivity index (χ1n) is 10.6. The summed E-state index contributed by atoms with van der Waals surface area (Å²) in [5.74, 6) is 0.342. The number of hydrogen-bond acceptors (Lipinski definition) is 7. The lowest BCUT2D eigenvalue weighted by Crippen LogP contribution is -2.43. The molecule has 1 aromatic heterocycles. The second-order valence-corrected chi connectivity index (χ2v) is 10.9. The number of benzene rings is 2. The Morgan fingerprint density at radius 3 is 2.42 bits per heavy atom. The number of methoxy groups -OCH3 is 1. The van der Waals surface area contributed by atoms with Gasteiger partial charge in [-0.2, -0.15) is 4.31 Å². The van der Waals surface area contributed by atoms with Gasteiger partial charge in [0, 0.05) is 12.1 Å². The number of amides is 1. The Balaban J connectivity index is 1.53. The minimum absolute atomic E-state index is 0.283. The van der Waals surface area contributed by atoms with E-state index >= 15 is 0 Å². The molecule has 2 aromatic carbocycles. The number of aryl methyl sites for hydroxylation is 3. The maximum Gasteiger partial charge on any atom is 0.244 e. The molecule has 1 saturated heterocycles. The summed E-state index contributed by atoms with van der Waals surface area (Å²) in [6, 6.07) is 10.3. The van der Waals surface area contributed by atoms with E-state index in [1.165, 1.54) is 15.6 Å². The van der Waals surface area contributed by atoms with Gasteiger partial charge >= 0.3 is 0 Å². The Morgan fingerprint density at radius 2 is 1.79 bits per heavy atom. The van der Waals surface area contributed by atoms with Crippen LogP contribution < -0.4 is 10.1 Å². The number of rotatable bonds is 6. The number of carbonyl (C=O) groups is 1. The van der Waals surface area contributed by atoms with Crippen LogP contribution in [0.4, 0.5) is 5.13 Å². The van der Waals surface area contributed by atoms with Crippen LogP contribution in [0.5, 0.6) is 5.75 Å². The molecule has 1 aliphatic heterocycles. The van der Waals surface area contributed by atoms with Crippen LogP contribution >= 0.6 is 11.3 Å². The van der Waals surface area contributed by atoms with Gasteiger partial charge in [0.25, 0.3) is 0 Å². The highest BCUT2D eigenvalue weighted by Crippen LogP contribution is 2.32. The van der Waals surface area contributed by atoms with Crippen LogP contribution in [0.15, 0.2) is 41.3 Å². The molecule has 8 nitrogen and oxygen atoms in total. The number of hydrogen-bond donors (Lipinski definition) is 1. The van der Waals surface area contributed by atoms with Crippen LogP contribution in [0.25, 0.3) is 10.6 Å². The normalized spacial score (nSPS) is 16.7. The third-order valence-electron chi connectivity index (χ3n) is 5.67. The number of sulfonamides is 1. The summed E-state index contributed by atoms with van der Waals surface area (Å²) in [5.41, 5.74) is 3.23. The summed E-state index contributed by atoms with van der Waals surface area (Å²) in [7, 11) is -2.22. The molecule has 1 aliphatic rings. The van der Waals surface area contributed by atoms with E-state index in [4.69, 9.17) is 4.74 Å². The van der Waals surface area contributed by atoms with E-state index < -0.39 is 22.0 Å². The summed E-state index contributed by atoms with van der Waals surface area (Å²) in [4.78, 5) is 13.3. The molecule has 0 spiro atoms. The van der Waals surface area contributed by atoms with Crippen molar-refractivity contribution in [2.45, 2.75) is 44.6 Å². The molecule has 174 valence electrons. The molecule has 2 heterocycles. The first kappa shape index (κ1) is 23.3. The lowest BCUT2D eigenvalue weighted by Gasteiger charge is -2.25. The lowest BCUT2D eigenvalue weighted by atomic mass is 10.1. The zero-order valence-corrected chi connectivity index (χ0v) is 20.6. The molecule has 4 rings (SSSR count). The first-order valence-corrected chi connectivity index (χ1v) is 12.8. The molecule has 10 heteroatoms. The van der Waals surface area contributed by atoms with Crippen LogP contribution in [0.3, 0.4) is 0 Å². The van der Waals surface area contributed by atoms with Crippen molar-refractivity contribution in [3.05, 3.63) is 53.1 Å². The standard InChI is InChI=1S/C23H26N4O4S2/c1-14-12-15(2)20(16(3)13-14)33(29,30)27-11-5-6-19(27)21(28)24-23-26-25-22(32-23)17-7-9-18(31-4)10-8-17/h7-10,12-13,19H,5-6,11H2,1-4H3,(H,24,26,28). The van der Waals surface area contributed by atoms with Crippen LogP contribution in [0.2, 0.25) is 0 Å². The van der Waals surface area contributed by atoms with E-state index in [1.54, 1.807) is 21.0 Å². The fourth-order valence-corrected chi connectivity index (χ4v) is 7.12.